The Morgan fingerprint density at radius 3 is 2.78 bits per heavy atom. The third-order valence-corrected chi connectivity index (χ3v) is 3.54. The Morgan fingerprint density at radius 1 is 1.50 bits per heavy atom. The molecule has 2 N–H and O–H groups in total. The zero-order valence-electron chi connectivity index (χ0n) is 10.7. The van der Waals surface area contributed by atoms with Gasteiger partial charge in [-0.25, -0.2) is 0 Å². The van der Waals surface area contributed by atoms with E-state index in [9.17, 15) is 4.79 Å². The van der Waals surface area contributed by atoms with Gasteiger partial charge in [0, 0.05) is 20.2 Å². The van der Waals surface area contributed by atoms with Gasteiger partial charge < -0.3 is 15.4 Å². The van der Waals surface area contributed by atoms with Crippen LogP contribution in [0.4, 0.5) is 0 Å². The summed E-state index contributed by atoms with van der Waals surface area (Å²) in [5, 5.41) is 0. The second kappa shape index (κ2) is 5.98. The largest absolute Gasteiger partial charge is 0.379 e. The number of rotatable bonds is 4. The van der Waals surface area contributed by atoms with Gasteiger partial charge in [0.1, 0.15) is 0 Å². The van der Waals surface area contributed by atoms with Crippen molar-refractivity contribution in [3.63, 3.8) is 0 Å². The second-order valence-electron chi connectivity index (χ2n) is 4.67. The minimum atomic E-state index is -0.253. The van der Waals surface area contributed by atoms with Crippen LogP contribution in [-0.2, 0) is 9.53 Å². The standard InChI is InChI=1S/C14H20N2O2/c1-16(12-7-8-18-10-12)14(17)13(9-15)11-5-3-2-4-6-11/h2-6,12-13H,7-10,15H2,1H3. The van der Waals surface area contributed by atoms with Gasteiger partial charge in [-0.1, -0.05) is 30.3 Å². The minimum Gasteiger partial charge on any atom is -0.379 e. The van der Waals surface area contributed by atoms with E-state index in [0.29, 0.717) is 13.2 Å². The van der Waals surface area contributed by atoms with E-state index >= 15 is 0 Å². The highest BCUT2D eigenvalue weighted by atomic mass is 16.5. The number of nitrogens with two attached hydrogens (primary N) is 1. The first-order valence-corrected chi connectivity index (χ1v) is 6.33. The monoisotopic (exact) mass is 248 g/mol. The molecule has 1 amide bonds. The number of carbonyl (C=O) groups is 1. The van der Waals surface area contributed by atoms with Gasteiger partial charge >= 0.3 is 0 Å². The molecule has 1 heterocycles. The number of likely N-dealkylation sites (N-methyl/N-ethyl adjacent to an activating group) is 1. The summed E-state index contributed by atoms with van der Waals surface area (Å²) in [6, 6.07) is 9.91. The Morgan fingerprint density at radius 2 is 2.22 bits per heavy atom. The van der Waals surface area contributed by atoms with Gasteiger partial charge in [-0.05, 0) is 12.0 Å². The molecule has 1 aliphatic heterocycles. The molecule has 0 bridgehead atoms. The zero-order chi connectivity index (χ0) is 13.0. The lowest BCUT2D eigenvalue weighted by Crippen LogP contribution is -2.42. The summed E-state index contributed by atoms with van der Waals surface area (Å²) in [6.45, 7) is 1.70. The Kier molecular flexibility index (Phi) is 4.33. The van der Waals surface area contributed by atoms with Crippen molar-refractivity contribution in [3.8, 4) is 0 Å². The van der Waals surface area contributed by atoms with Crippen LogP contribution in [0.25, 0.3) is 0 Å². The molecule has 0 aliphatic carbocycles. The third kappa shape index (κ3) is 2.71. The van der Waals surface area contributed by atoms with E-state index in [1.54, 1.807) is 4.90 Å². The van der Waals surface area contributed by atoms with Crippen LogP contribution in [0.2, 0.25) is 0 Å². The number of benzene rings is 1. The molecule has 1 aromatic rings. The van der Waals surface area contributed by atoms with Crippen molar-refractivity contribution in [1.29, 1.82) is 0 Å². The predicted molar refractivity (Wildman–Crippen MR) is 70.2 cm³/mol. The highest BCUT2D eigenvalue weighted by Crippen LogP contribution is 2.20. The smallest absolute Gasteiger partial charge is 0.231 e. The molecule has 1 fully saturated rings. The summed E-state index contributed by atoms with van der Waals surface area (Å²) < 4.78 is 5.32. The molecule has 4 heteroatoms. The van der Waals surface area contributed by atoms with E-state index in [4.69, 9.17) is 10.5 Å². The molecule has 1 aromatic carbocycles. The van der Waals surface area contributed by atoms with Gasteiger partial charge in [-0.3, -0.25) is 4.79 Å². The first-order chi connectivity index (χ1) is 8.74. The molecule has 0 radical (unpaired) electrons. The van der Waals surface area contributed by atoms with E-state index in [-0.39, 0.29) is 17.9 Å². The van der Waals surface area contributed by atoms with Gasteiger partial charge in [-0.2, -0.15) is 0 Å². The van der Waals surface area contributed by atoms with E-state index in [1.807, 2.05) is 37.4 Å². The van der Waals surface area contributed by atoms with E-state index in [2.05, 4.69) is 0 Å². The van der Waals surface area contributed by atoms with Crippen molar-refractivity contribution >= 4 is 5.91 Å². The molecule has 2 rings (SSSR count). The van der Waals surface area contributed by atoms with Crippen LogP contribution in [0.1, 0.15) is 17.9 Å². The molecule has 18 heavy (non-hydrogen) atoms. The van der Waals surface area contributed by atoms with Gasteiger partial charge in [-0.15, -0.1) is 0 Å². The molecule has 0 spiro atoms. The highest BCUT2D eigenvalue weighted by molar-refractivity contribution is 5.84. The van der Waals surface area contributed by atoms with E-state index in [0.717, 1.165) is 18.6 Å². The lowest BCUT2D eigenvalue weighted by molar-refractivity contribution is -0.133. The third-order valence-electron chi connectivity index (χ3n) is 3.54. The molecular weight excluding hydrogens is 228 g/mol. The van der Waals surface area contributed by atoms with E-state index in [1.165, 1.54) is 0 Å². The molecule has 0 saturated carbocycles. The lowest BCUT2D eigenvalue weighted by Gasteiger charge is -2.27. The quantitative estimate of drug-likeness (QED) is 0.864. The van der Waals surface area contributed by atoms with Crippen molar-refractivity contribution in [2.24, 2.45) is 5.73 Å². The number of hydrogen-bond acceptors (Lipinski definition) is 3. The Hall–Kier alpha value is -1.39. The van der Waals surface area contributed by atoms with Crippen molar-refractivity contribution in [2.45, 2.75) is 18.4 Å². The average Bonchev–Trinajstić information content (AvgIpc) is 2.94. The van der Waals surface area contributed by atoms with Crippen molar-refractivity contribution in [1.82, 2.24) is 4.90 Å². The van der Waals surface area contributed by atoms with Crippen LogP contribution in [-0.4, -0.2) is 43.7 Å². The molecular formula is C14H20N2O2. The summed E-state index contributed by atoms with van der Waals surface area (Å²) >= 11 is 0. The van der Waals surface area contributed by atoms with Gasteiger partial charge in [0.25, 0.3) is 0 Å². The highest BCUT2D eigenvalue weighted by Gasteiger charge is 2.29. The topological polar surface area (TPSA) is 55.6 Å². The van der Waals surface area contributed by atoms with Crippen LogP contribution >= 0.6 is 0 Å². The van der Waals surface area contributed by atoms with Crippen molar-refractivity contribution in [3.05, 3.63) is 35.9 Å². The van der Waals surface area contributed by atoms with Crippen LogP contribution in [0.5, 0.6) is 0 Å². The summed E-state index contributed by atoms with van der Waals surface area (Å²) in [6.07, 6.45) is 0.911. The van der Waals surface area contributed by atoms with E-state index < -0.39 is 0 Å². The first-order valence-electron chi connectivity index (χ1n) is 6.33. The summed E-state index contributed by atoms with van der Waals surface area (Å²) in [4.78, 5) is 14.2. The lowest BCUT2D eigenvalue weighted by atomic mass is 9.97. The maximum absolute atomic E-state index is 12.5. The van der Waals surface area contributed by atoms with Crippen molar-refractivity contribution < 1.29 is 9.53 Å². The SMILES string of the molecule is CN(C(=O)C(CN)c1ccccc1)C1CCOC1. The average molecular weight is 248 g/mol. The fraction of sp³-hybridized carbons (Fsp3) is 0.500. The van der Waals surface area contributed by atoms with Crippen LogP contribution in [0, 0.1) is 0 Å². The second-order valence-corrected chi connectivity index (χ2v) is 4.67. The number of amides is 1. The van der Waals surface area contributed by atoms with Crippen molar-refractivity contribution in [2.75, 3.05) is 26.8 Å². The molecule has 98 valence electrons. The maximum Gasteiger partial charge on any atom is 0.231 e. The molecule has 2 unspecified atom stereocenters. The number of carbonyl (C=O) groups excluding carboxylic acids is 1. The number of hydrogen-bond donors (Lipinski definition) is 1. The Bertz CT molecular complexity index is 388. The summed E-state index contributed by atoms with van der Waals surface area (Å²) in [5.41, 5.74) is 6.75. The maximum atomic E-state index is 12.5. The summed E-state index contributed by atoms with van der Waals surface area (Å²) in [7, 11) is 1.84. The van der Waals surface area contributed by atoms with Gasteiger partial charge in [0.2, 0.25) is 5.91 Å². The Balaban J connectivity index is 2.10. The fourth-order valence-corrected chi connectivity index (χ4v) is 2.32. The number of nitrogens with zero attached hydrogens (tertiary/aromatic N) is 1. The molecule has 1 aliphatic rings. The molecule has 4 nitrogen and oxygen atoms in total. The first kappa shape index (κ1) is 13.1. The molecule has 0 aromatic heterocycles. The molecule has 2 atom stereocenters. The van der Waals surface area contributed by atoms with Gasteiger partial charge in [0.05, 0.1) is 18.6 Å². The molecule has 1 saturated heterocycles. The summed E-state index contributed by atoms with van der Waals surface area (Å²) in [5.74, 6) is -0.170. The van der Waals surface area contributed by atoms with Crippen LogP contribution in [0.3, 0.4) is 0 Å². The number of ether oxygens (including phenoxy) is 1. The zero-order valence-corrected chi connectivity index (χ0v) is 10.7. The Labute approximate surface area is 108 Å². The van der Waals surface area contributed by atoms with Crippen LogP contribution < -0.4 is 5.73 Å². The minimum absolute atomic E-state index is 0.0826. The van der Waals surface area contributed by atoms with Crippen LogP contribution in [0.15, 0.2) is 30.3 Å². The van der Waals surface area contributed by atoms with Gasteiger partial charge in [0.15, 0.2) is 0 Å². The fourth-order valence-electron chi connectivity index (χ4n) is 2.32. The normalized spacial score (nSPS) is 20.7. The predicted octanol–water partition coefficient (Wildman–Crippen LogP) is 0.976.